The summed E-state index contributed by atoms with van der Waals surface area (Å²) in [5, 5.41) is 9.77. The van der Waals surface area contributed by atoms with E-state index in [0.29, 0.717) is 13.0 Å². The van der Waals surface area contributed by atoms with Gasteiger partial charge in [-0.25, -0.2) is 12.8 Å². The summed E-state index contributed by atoms with van der Waals surface area (Å²) in [6.45, 7) is 0.514. The summed E-state index contributed by atoms with van der Waals surface area (Å²) in [7, 11) is -0.191. The van der Waals surface area contributed by atoms with Crippen molar-refractivity contribution in [3.63, 3.8) is 0 Å². The number of rotatable bonds is 4. The van der Waals surface area contributed by atoms with E-state index in [2.05, 4.69) is 0 Å². The molecule has 0 bridgehead atoms. The molecule has 1 fully saturated rings. The lowest BCUT2D eigenvalue weighted by Gasteiger charge is -2.26. The van der Waals surface area contributed by atoms with Crippen LogP contribution in [0, 0.1) is 5.82 Å². The maximum atomic E-state index is 13.5. The van der Waals surface area contributed by atoms with Gasteiger partial charge in [0.2, 0.25) is 10.0 Å². The van der Waals surface area contributed by atoms with Crippen LogP contribution in [0.1, 0.15) is 6.42 Å². The number of anilines is 1. The van der Waals surface area contributed by atoms with Crippen LogP contribution in [0.15, 0.2) is 23.1 Å². The first kappa shape index (κ1) is 16.2. The summed E-state index contributed by atoms with van der Waals surface area (Å²) in [4.78, 5) is 1.71. The van der Waals surface area contributed by atoms with E-state index in [4.69, 9.17) is 5.73 Å². The molecule has 2 unspecified atom stereocenters. The summed E-state index contributed by atoms with van der Waals surface area (Å²) < 4.78 is 40.0. The van der Waals surface area contributed by atoms with Crippen LogP contribution < -0.4 is 5.73 Å². The van der Waals surface area contributed by atoms with Gasteiger partial charge in [0, 0.05) is 19.1 Å². The first-order chi connectivity index (χ1) is 9.71. The Hall–Kier alpha value is -1.22. The van der Waals surface area contributed by atoms with Crippen LogP contribution in [0.4, 0.5) is 10.1 Å². The highest BCUT2D eigenvalue weighted by molar-refractivity contribution is 7.89. The largest absolute Gasteiger partial charge is 0.396 e. The number of β-amino-alcohol motifs (C(OH)–C–C–N with tert-alkyl or cyclic N) is 1. The maximum absolute atomic E-state index is 13.5. The predicted octanol–water partition coefficient (Wildman–Crippen LogP) is 0.0934. The van der Waals surface area contributed by atoms with E-state index in [1.54, 1.807) is 0 Å². The molecule has 2 rings (SSSR count). The molecular formula is C13H20FN3O3S. The number of hydrogen-bond donors (Lipinski definition) is 2. The van der Waals surface area contributed by atoms with Gasteiger partial charge < -0.3 is 15.7 Å². The smallest absolute Gasteiger partial charge is 0.243 e. The normalized spacial score (nSPS) is 23.9. The molecule has 2 atom stereocenters. The molecule has 0 saturated carbocycles. The number of sulfonamides is 1. The highest BCUT2D eigenvalue weighted by atomic mass is 32.2. The second-order valence-corrected chi connectivity index (χ2v) is 7.45. The Morgan fingerprint density at radius 2 is 2.14 bits per heavy atom. The highest BCUT2D eigenvalue weighted by Crippen LogP contribution is 2.28. The van der Waals surface area contributed by atoms with Gasteiger partial charge in [0.1, 0.15) is 5.82 Å². The zero-order chi connectivity index (χ0) is 15.8. The molecule has 1 aliphatic rings. The molecular weight excluding hydrogens is 297 g/mol. The van der Waals surface area contributed by atoms with Gasteiger partial charge in [0.15, 0.2) is 0 Å². The molecule has 8 heteroatoms. The lowest BCUT2D eigenvalue weighted by molar-refractivity contribution is 0.188. The number of halogens is 1. The van der Waals surface area contributed by atoms with Gasteiger partial charge in [-0.3, -0.25) is 0 Å². The number of nitrogen functional groups attached to an aromatic ring is 1. The third-order valence-corrected chi connectivity index (χ3v) is 5.41. The van der Waals surface area contributed by atoms with Crippen molar-refractivity contribution in [1.29, 1.82) is 0 Å². The van der Waals surface area contributed by atoms with Gasteiger partial charge in [-0.1, -0.05) is 0 Å². The second kappa shape index (κ2) is 5.88. The third-order valence-electron chi connectivity index (χ3n) is 3.50. The summed E-state index contributed by atoms with van der Waals surface area (Å²) in [6, 6.07) is 3.10. The van der Waals surface area contributed by atoms with E-state index in [-0.39, 0.29) is 23.2 Å². The van der Waals surface area contributed by atoms with Gasteiger partial charge in [-0.05, 0) is 38.7 Å². The Labute approximate surface area is 124 Å². The van der Waals surface area contributed by atoms with Crippen LogP contribution in [-0.2, 0) is 10.0 Å². The molecule has 0 aromatic heterocycles. The van der Waals surface area contributed by atoms with Crippen molar-refractivity contribution in [2.75, 3.05) is 32.9 Å². The number of likely N-dealkylation sites (N-methyl/N-ethyl adjacent to an activating group) is 1. The van der Waals surface area contributed by atoms with Gasteiger partial charge in [-0.2, -0.15) is 4.31 Å². The first-order valence-electron chi connectivity index (χ1n) is 6.61. The van der Waals surface area contributed by atoms with Crippen LogP contribution in [0.5, 0.6) is 0 Å². The molecule has 118 valence electrons. The summed E-state index contributed by atoms with van der Waals surface area (Å²) >= 11 is 0. The molecule has 0 spiro atoms. The molecule has 1 aromatic rings. The molecule has 21 heavy (non-hydrogen) atoms. The maximum Gasteiger partial charge on any atom is 0.243 e. The molecule has 1 aliphatic heterocycles. The Balaban J connectivity index is 2.34. The topological polar surface area (TPSA) is 86.9 Å². The fourth-order valence-corrected chi connectivity index (χ4v) is 4.22. The van der Waals surface area contributed by atoms with Gasteiger partial charge in [-0.15, -0.1) is 0 Å². The van der Waals surface area contributed by atoms with E-state index in [1.165, 1.54) is 16.4 Å². The Morgan fingerprint density at radius 1 is 1.48 bits per heavy atom. The van der Waals surface area contributed by atoms with Crippen LogP contribution in [0.25, 0.3) is 0 Å². The Morgan fingerprint density at radius 3 is 2.71 bits per heavy atom. The van der Waals surface area contributed by atoms with Crippen molar-refractivity contribution in [3.05, 3.63) is 24.0 Å². The fraction of sp³-hybridized carbons (Fsp3) is 0.538. The van der Waals surface area contributed by atoms with E-state index in [0.717, 1.165) is 6.07 Å². The molecule has 0 amide bonds. The molecule has 1 heterocycles. The summed E-state index contributed by atoms with van der Waals surface area (Å²) in [5.41, 5.74) is 5.27. The minimum absolute atomic E-state index is 0.0207. The lowest BCUT2D eigenvalue weighted by Crippen LogP contribution is -2.41. The SMILES string of the molecule is CN(C)CC1CC(O)CN1S(=O)(=O)c1ccc(N)c(F)c1. The number of nitrogens with zero attached hydrogens (tertiary/aromatic N) is 2. The standard InChI is InChI=1S/C13H20FN3O3S/c1-16(2)7-9-5-10(18)8-17(9)21(19,20)11-3-4-13(15)12(14)6-11/h3-4,6,9-10,18H,5,7-8,15H2,1-2H3. The zero-order valence-electron chi connectivity index (χ0n) is 12.0. The van der Waals surface area contributed by atoms with Crippen LogP contribution in [-0.4, -0.2) is 62.1 Å². The average Bonchev–Trinajstić information content (AvgIpc) is 2.73. The summed E-state index contributed by atoms with van der Waals surface area (Å²) in [6.07, 6.45) is -0.335. The molecule has 0 radical (unpaired) electrons. The minimum Gasteiger partial charge on any atom is -0.396 e. The van der Waals surface area contributed by atoms with Crippen molar-refractivity contribution in [2.24, 2.45) is 0 Å². The molecule has 1 aromatic carbocycles. The van der Waals surface area contributed by atoms with Gasteiger partial charge in [0.25, 0.3) is 0 Å². The number of nitrogens with two attached hydrogens (primary N) is 1. The molecule has 0 aliphatic carbocycles. The van der Waals surface area contributed by atoms with E-state index in [9.17, 15) is 17.9 Å². The van der Waals surface area contributed by atoms with E-state index < -0.39 is 21.9 Å². The Kier molecular flexibility index (Phi) is 4.52. The van der Waals surface area contributed by atoms with Crippen LogP contribution in [0.3, 0.4) is 0 Å². The second-order valence-electron chi connectivity index (χ2n) is 5.56. The zero-order valence-corrected chi connectivity index (χ0v) is 12.8. The van der Waals surface area contributed by atoms with Crippen molar-refractivity contribution >= 4 is 15.7 Å². The highest BCUT2D eigenvalue weighted by Gasteiger charge is 2.39. The quantitative estimate of drug-likeness (QED) is 0.769. The van der Waals surface area contributed by atoms with Crippen molar-refractivity contribution < 1.29 is 17.9 Å². The van der Waals surface area contributed by atoms with E-state index in [1.807, 2.05) is 19.0 Å². The third kappa shape index (κ3) is 3.34. The van der Waals surface area contributed by atoms with Gasteiger partial charge >= 0.3 is 0 Å². The predicted molar refractivity (Wildman–Crippen MR) is 77.7 cm³/mol. The monoisotopic (exact) mass is 317 g/mol. The fourth-order valence-electron chi connectivity index (χ4n) is 2.55. The molecule has 1 saturated heterocycles. The van der Waals surface area contributed by atoms with Crippen molar-refractivity contribution in [3.8, 4) is 0 Å². The number of aliphatic hydroxyl groups is 1. The van der Waals surface area contributed by atoms with E-state index >= 15 is 0 Å². The number of hydrogen-bond acceptors (Lipinski definition) is 5. The first-order valence-corrected chi connectivity index (χ1v) is 8.05. The van der Waals surface area contributed by atoms with Crippen LogP contribution in [0.2, 0.25) is 0 Å². The average molecular weight is 317 g/mol. The molecule has 3 N–H and O–H groups in total. The van der Waals surface area contributed by atoms with Crippen molar-refractivity contribution in [2.45, 2.75) is 23.5 Å². The number of aliphatic hydroxyl groups excluding tert-OH is 1. The van der Waals surface area contributed by atoms with Crippen molar-refractivity contribution in [1.82, 2.24) is 9.21 Å². The Bertz CT molecular complexity index is 621. The lowest BCUT2D eigenvalue weighted by atomic mass is 10.2. The van der Waals surface area contributed by atoms with Crippen LogP contribution >= 0.6 is 0 Å². The van der Waals surface area contributed by atoms with Gasteiger partial charge in [0.05, 0.1) is 16.7 Å². The molecule has 6 nitrogen and oxygen atoms in total. The summed E-state index contributed by atoms with van der Waals surface area (Å²) in [5.74, 6) is -0.764. The minimum atomic E-state index is -3.85. The number of benzene rings is 1.